The van der Waals surface area contributed by atoms with Crippen molar-refractivity contribution in [1.29, 1.82) is 0 Å². The van der Waals surface area contributed by atoms with Crippen LogP contribution in [0.3, 0.4) is 0 Å². The molecule has 0 amide bonds. The summed E-state index contributed by atoms with van der Waals surface area (Å²) in [7, 11) is 2.13. The van der Waals surface area contributed by atoms with Gasteiger partial charge in [0.25, 0.3) is 0 Å². The normalized spacial score (nSPS) is 20.5. The zero-order valence-electron chi connectivity index (χ0n) is 12.9. The summed E-state index contributed by atoms with van der Waals surface area (Å²) in [6.07, 6.45) is 0. The minimum Gasteiger partial charge on any atom is -0.501 e. The van der Waals surface area contributed by atoms with E-state index in [0.717, 1.165) is 19.3 Å². The second kappa shape index (κ2) is 5.36. The smallest absolute Gasteiger partial charge is 0.374 e. The van der Waals surface area contributed by atoms with Gasteiger partial charge in [-0.3, -0.25) is 10.2 Å². The Morgan fingerprint density at radius 1 is 1.10 bits per heavy atom. The quantitative estimate of drug-likeness (QED) is 0.451. The summed E-state index contributed by atoms with van der Waals surface area (Å²) in [5.74, 6) is -3.37. The molecular formula is C13H20N2O6. The Bertz CT molecular complexity index is 533. The van der Waals surface area contributed by atoms with Gasteiger partial charge in [-0.2, -0.15) is 0 Å². The van der Waals surface area contributed by atoms with Gasteiger partial charge < -0.3 is 14.6 Å². The van der Waals surface area contributed by atoms with E-state index in [-0.39, 0.29) is 5.84 Å². The zero-order chi connectivity index (χ0) is 16.6. The van der Waals surface area contributed by atoms with Crippen LogP contribution in [0.25, 0.3) is 0 Å². The van der Waals surface area contributed by atoms with Gasteiger partial charge in [0.2, 0.25) is 5.76 Å². The number of hydrogen-bond acceptors (Lipinski definition) is 8. The number of nitrogens with zero attached hydrogens (tertiary/aromatic N) is 2. The molecule has 1 aliphatic heterocycles. The van der Waals surface area contributed by atoms with Gasteiger partial charge in [-0.1, -0.05) is 0 Å². The molecule has 0 aromatic heterocycles. The Hall–Kier alpha value is -2.09. The summed E-state index contributed by atoms with van der Waals surface area (Å²) in [4.78, 5) is 27.6. The van der Waals surface area contributed by atoms with Crippen molar-refractivity contribution >= 4 is 17.8 Å². The number of amidine groups is 1. The van der Waals surface area contributed by atoms with Crippen LogP contribution in [0.5, 0.6) is 0 Å². The van der Waals surface area contributed by atoms with Gasteiger partial charge in [0.15, 0.2) is 11.4 Å². The maximum absolute atomic E-state index is 11.9. The highest BCUT2D eigenvalue weighted by atomic mass is 16.5. The summed E-state index contributed by atoms with van der Waals surface area (Å²) in [6, 6.07) is 0. The van der Waals surface area contributed by atoms with Crippen LogP contribution in [-0.4, -0.2) is 58.4 Å². The lowest BCUT2D eigenvalue weighted by atomic mass is 9.84. The molecule has 0 radical (unpaired) electrons. The average molecular weight is 300 g/mol. The fourth-order valence-corrected chi connectivity index (χ4v) is 1.73. The standard InChI is InChI=1S/C13H20N2O6/c1-12(2)13(3,4)15(19)9(14-12)7(10(17)20-5)8(16)11(18)21-6/h16,19H,1-6H3. The third-order valence-electron chi connectivity index (χ3n) is 3.84. The SMILES string of the molecule is COC(=O)C(O)=C(C(=O)OC)C1=NC(C)(C)C(C)(C)N1O. The molecule has 2 N–H and O–H groups in total. The van der Waals surface area contributed by atoms with Crippen molar-refractivity contribution in [3.05, 3.63) is 11.3 Å². The zero-order valence-corrected chi connectivity index (χ0v) is 12.9. The van der Waals surface area contributed by atoms with Crippen LogP contribution in [0.4, 0.5) is 0 Å². The molecule has 0 aromatic carbocycles. The molecule has 0 aliphatic carbocycles. The van der Waals surface area contributed by atoms with Gasteiger partial charge in [0.05, 0.1) is 25.3 Å². The summed E-state index contributed by atoms with van der Waals surface area (Å²) in [5.41, 5.74) is -2.18. The van der Waals surface area contributed by atoms with E-state index in [1.165, 1.54) is 0 Å². The molecule has 1 rings (SSSR count). The lowest BCUT2D eigenvalue weighted by Gasteiger charge is -2.36. The van der Waals surface area contributed by atoms with Gasteiger partial charge in [0, 0.05) is 0 Å². The maximum Gasteiger partial charge on any atom is 0.374 e. The largest absolute Gasteiger partial charge is 0.501 e. The first-order valence-electron chi connectivity index (χ1n) is 6.20. The fourth-order valence-electron chi connectivity index (χ4n) is 1.73. The van der Waals surface area contributed by atoms with E-state index in [2.05, 4.69) is 14.5 Å². The maximum atomic E-state index is 11.9. The van der Waals surface area contributed by atoms with E-state index >= 15 is 0 Å². The second-order valence-electron chi connectivity index (χ2n) is 5.57. The molecule has 0 bridgehead atoms. The van der Waals surface area contributed by atoms with E-state index in [0.29, 0.717) is 0 Å². The van der Waals surface area contributed by atoms with Gasteiger partial charge in [0.1, 0.15) is 0 Å². The number of rotatable bonds is 3. The number of hydroxylamine groups is 2. The van der Waals surface area contributed by atoms with Crippen LogP contribution in [0.15, 0.2) is 16.3 Å². The number of aliphatic hydroxyl groups is 1. The lowest BCUT2D eigenvalue weighted by molar-refractivity contribution is -0.141. The second-order valence-corrected chi connectivity index (χ2v) is 5.57. The van der Waals surface area contributed by atoms with Crippen molar-refractivity contribution in [2.75, 3.05) is 14.2 Å². The first-order chi connectivity index (χ1) is 9.51. The summed E-state index contributed by atoms with van der Waals surface area (Å²) in [6.45, 7) is 6.89. The number of carbonyl (C=O) groups is 2. The van der Waals surface area contributed by atoms with Crippen LogP contribution in [-0.2, 0) is 19.1 Å². The van der Waals surface area contributed by atoms with Crippen molar-refractivity contribution in [2.45, 2.75) is 38.8 Å². The van der Waals surface area contributed by atoms with Crippen molar-refractivity contribution in [1.82, 2.24) is 5.06 Å². The molecule has 0 saturated heterocycles. The van der Waals surface area contributed by atoms with Gasteiger partial charge in [-0.25, -0.2) is 14.7 Å². The number of methoxy groups -OCH3 is 2. The number of ether oxygens (including phenoxy) is 2. The van der Waals surface area contributed by atoms with Crippen molar-refractivity contribution < 1.29 is 29.4 Å². The van der Waals surface area contributed by atoms with E-state index < -0.39 is 34.3 Å². The third kappa shape index (κ3) is 2.58. The number of aliphatic imine (C=N–C) groups is 1. The molecule has 0 unspecified atom stereocenters. The molecule has 0 aromatic rings. The monoisotopic (exact) mass is 300 g/mol. The Morgan fingerprint density at radius 2 is 1.57 bits per heavy atom. The van der Waals surface area contributed by atoms with Crippen LogP contribution in [0.1, 0.15) is 27.7 Å². The van der Waals surface area contributed by atoms with Gasteiger partial charge >= 0.3 is 11.9 Å². The molecule has 21 heavy (non-hydrogen) atoms. The number of aliphatic hydroxyl groups excluding tert-OH is 1. The van der Waals surface area contributed by atoms with E-state index in [1.807, 2.05) is 0 Å². The highest BCUT2D eigenvalue weighted by Crippen LogP contribution is 2.38. The van der Waals surface area contributed by atoms with Crippen molar-refractivity contribution in [3.63, 3.8) is 0 Å². The molecular weight excluding hydrogens is 280 g/mol. The molecule has 8 heteroatoms. The number of carbonyl (C=O) groups excluding carboxylic acids is 2. The molecule has 0 spiro atoms. The van der Waals surface area contributed by atoms with Crippen molar-refractivity contribution in [2.24, 2.45) is 4.99 Å². The Morgan fingerprint density at radius 3 is 1.90 bits per heavy atom. The highest BCUT2D eigenvalue weighted by Gasteiger charge is 2.51. The lowest BCUT2D eigenvalue weighted by Crippen LogP contribution is -2.52. The Balaban J connectivity index is 3.51. The topological polar surface area (TPSA) is 109 Å². The van der Waals surface area contributed by atoms with Crippen LogP contribution < -0.4 is 0 Å². The van der Waals surface area contributed by atoms with Crippen LogP contribution in [0.2, 0.25) is 0 Å². The summed E-state index contributed by atoms with van der Waals surface area (Å²) in [5, 5.41) is 20.9. The first-order valence-corrected chi connectivity index (χ1v) is 6.20. The number of esters is 2. The Labute approximate surface area is 122 Å². The summed E-state index contributed by atoms with van der Waals surface area (Å²) < 4.78 is 8.92. The molecule has 8 nitrogen and oxygen atoms in total. The van der Waals surface area contributed by atoms with Crippen LogP contribution >= 0.6 is 0 Å². The molecule has 0 fully saturated rings. The minimum absolute atomic E-state index is 0.250. The highest BCUT2D eigenvalue weighted by molar-refractivity contribution is 6.22. The predicted octanol–water partition coefficient (Wildman–Crippen LogP) is 0.805. The number of hydrogen-bond donors (Lipinski definition) is 2. The molecule has 0 atom stereocenters. The molecule has 1 heterocycles. The Kier molecular flexibility index (Phi) is 4.33. The van der Waals surface area contributed by atoms with Crippen LogP contribution in [0, 0.1) is 0 Å². The van der Waals surface area contributed by atoms with E-state index in [4.69, 9.17) is 0 Å². The van der Waals surface area contributed by atoms with E-state index in [1.54, 1.807) is 27.7 Å². The molecule has 1 aliphatic rings. The van der Waals surface area contributed by atoms with Gasteiger partial charge in [-0.05, 0) is 27.7 Å². The summed E-state index contributed by atoms with van der Waals surface area (Å²) >= 11 is 0. The van der Waals surface area contributed by atoms with Gasteiger partial charge in [-0.15, -0.1) is 0 Å². The third-order valence-corrected chi connectivity index (χ3v) is 3.84. The minimum atomic E-state index is -1.13. The average Bonchev–Trinajstić information content (AvgIpc) is 2.57. The van der Waals surface area contributed by atoms with Crippen molar-refractivity contribution in [3.8, 4) is 0 Å². The predicted molar refractivity (Wildman–Crippen MR) is 72.9 cm³/mol. The van der Waals surface area contributed by atoms with E-state index in [9.17, 15) is 19.9 Å². The first kappa shape index (κ1) is 17.0. The molecule has 118 valence electrons. The fraction of sp³-hybridized carbons (Fsp3) is 0.615. The molecule has 0 saturated carbocycles.